The molecule has 0 aliphatic rings. The maximum atomic E-state index is 12.4. The van der Waals surface area contributed by atoms with Gasteiger partial charge in [-0.2, -0.15) is 0 Å². The van der Waals surface area contributed by atoms with Gasteiger partial charge in [0.25, 0.3) is 0 Å². The molecule has 0 saturated heterocycles. The molecule has 1 aromatic rings. The minimum Gasteiger partial charge on any atom is -0.459 e. The number of ether oxygens (including phenoxy) is 1. The van der Waals surface area contributed by atoms with E-state index in [4.69, 9.17) is 4.74 Å². The van der Waals surface area contributed by atoms with Gasteiger partial charge in [0, 0.05) is 5.57 Å². The first-order valence-electron chi connectivity index (χ1n) is 6.61. The molecule has 0 spiro atoms. The molecule has 3 heteroatoms. The summed E-state index contributed by atoms with van der Waals surface area (Å²) < 4.78 is 5.50. The zero-order chi connectivity index (χ0) is 15.3. The molecule has 0 aromatic heterocycles. The number of nitrogens with zero attached hydrogens (tertiary/aromatic N) is 1. The zero-order valence-corrected chi connectivity index (χ0v) is 12.9. The van der Waals surface area contributed by atoms with Crippen molar-refractivity contribution < 1.29 is 9.53 Å². The van der Waals surface area contributed by atoms with Crippen molar-refractivity contribution in [3.05, 3.63) is 48.2 Å². The Balaban J connectivity index is 3.13. The van der Waals surface area contributed by atoms with E-state index in [1.165, 1.54) is 0 Å². The van der Waals surface area contributed by atoms with E-state index >= 15 is 0 Å². The largest absolute Gasteiger partial charge is 0.459 e. The van der Waals surface area contributed by atoms with E-state index in [9.17, 15) is 4.79 Å². The molecule has 1 unspecified atom stereocenters. The smallest absolute Gasteiger partial charge is 0.329 e. The molecular formula is C17H23NO2. The van der Waals surface area contributed by atoms with Crippen LogP contribution < -0.4 is 0 Å². The summed E-state index contributed by atoms with van der Waals surface area (Å²) in [4.78, 5) is 14.2. The molecule has 0 heterocycles. The van der Waals surface area contributed by atoms with E-state index < -0.39 is 11.6 Å². The van der Waals surface area contributed by atoms with E-state index in [0.29, 0.717) is 0 Å². The molecule has 3 nitrogen and oxygen atoms in total. The Labute approximate surface area is 121 Å². The van der Waals surface area contributed by atoms with Crippen LogP contribution in [0, 0.1) is 0 Å². The monoisotopic (exact) mass is 273 g/mol. The Hall–Kier alpha value is -1.83. The first-order valence-corrected chi connectivity index (χ1v) is 6.61. The van der Waals surface area contributed by atoms with Crippen molar-refractivity contribution in [1.82, 2.24) is 4.90 Å². The van der Waals surface area contributed by atoms with Crippen LogP contribution in [0.25, 0.3) is 5.57 Å². The third-order valence-electron chi connectivity index (χ3n) is 2.70. The fourth-order valence-electron chi connectivity index (χ4n) is 1.92. The van der Waals surface area contributed by atoms with Gasteiger partial charge < -0.3 is 4.74 Å². The van der Waals surface area contributed by atoms with Crippen molar-refractivity contribution in [2.75, 3.05) is 14.1 Å². The second-order valence-corrected chi connectivity index (χ2v) is 5.86. The zero-order valence-electron chi connectivity index (χ0n) is 12.9. The lowest BCUT2D eigenvalue weighted by atomic mass is 9.98. The second-order valence-electron chi connectivity index (χ2n) is 5.86. The molecule has 1 rings (SSSR count). The van der Waals surface area contributed by atoms with Crippen LogP contribution in [0.3, 0.4) is 0 Å². The van der Waals surface area contributed by atoms with Gasteiger partial charge in [0.1, 0.15) is 11.6 Å². The van der Waals surface area contributed by atoms with Crippen LogP contribution in [-0.4, -0.2) is 36.6 Å². The molecule has 1 atom stereocenters. The lowest BCUT2D eigenvalue weighted by Gasteiger charge is -2.28. The fraction of sp³-hybridized carbons (Fsp3) is 0.412. The summed E-state index contributed by atoms with van der Waals surface area (Å²) in [5, 5.41) is 0. The van der Waals surface area contributed by atoms with Gasteiger partial charge in [0.05, 0.1) is 0 Å². The van der Waals surface area contributed by atoms with Crippen molar-refractivity contribution in [3.8, 4) is 0 Å². The Morgan fingerprint density at radius 3 is 2.20 bits per heavy atom. The van der Waals surface area contributed by atoms with Crippen molar-refractivity contribution in [1.29, 1.82) is 0 Å². The lowest BCUT2D eigenvalue weighted by molar-refractivity contribution is -0.158. The van der Waals surface area contributed by atoms with Crippen LogP contribution in [0.15, 0.2) is 42.6 Å². The average Bonchev–Trinajstić information content (AvgIpc) is 2.33. The fourth-order valence-corrected chi connectivity index (χ4v) is 1.92. The van der Waals surface area contributed by atoms with Gasteiger partial charge >= 0.3 is 5.97 Å². The number of carbonyl (C=O) groups is 1. The van der Waals surface area contributed by atoms with E-state index in [-0.39, 0.29) is 5.97 Å². The third-order valence-corrected chi connectivity index (χ3v) is 2.70. The molecule has 1 aromatic carbocycles. The molecule has 0 N–H and O–H groups in total. The van der Waals surface area contributed by atoms with Crippen LogP contribution in [0.4, 0.5) is 0 Å². The van der Waals surface area contributed by atoms with Crippen LogP contribution in [-0.2, 0) is 9.53 Å². The molecule has 0 amide bonds. The van der Waals surface area contributed by atoms with Gasteiger partial charge in [0.15, 0.2) is 0 Å². The van der Waals surface area contributed by atoms with Gasteiger partial charge in [-0.15, -0.1) is 5.73 Å². The second kappa shape index (κ2) is 6.56. The number of hydrogen-bond donors (Lipinski definition) is 0. The summed E-state index contributed by atoms with van der Waals surface area (Å²) >= 11 is 0. The molecule has 108 valence electrons. The topological polar surface area (TPSA) is 29.5 Å². The van der Waals surface area contributed by atoms with E-state index in [0.717, 1.165) is 11.1 Å². The van der Waals surface area contributed by atoms with Gasteiger partial charge in [0.2, 0.25) is 0 Å². The number of rotatable bonds is 4. The molecule has 0 aliphatic heterocycles. The standard InChI is InChI=1S/C17H23NO2/c1-7-14(13-11-9-8-10-12-13)15(18(5)6)16(19)20-17(2,3)4/h8-12,15H,1H2,2-6H3. The molecule has 20 heavy (non-hydrogen) atoms. The molecule has 0 fully saturated rings. The first-order chi connectivity index (χ1) is 9.26. The predicted molar refractivity (Wildman–Crippen MR) is 82.3 cm³/mol. The number of esters is 1. The van der Waals surface area contributed by atoms with Crippen LogP contribution in [0.1, 0.15) is 26.3 Å². The highest BCUT2D eigenvalue weighted by Gasteiger charge is 2.30. The number of benzene rings is 1. The van der Waals surface area contributed by atoms with Gasteiger partial charge in [-0.05, 0) is 40.4 Å². The summed E-state index contributed by atoms with van der Waals surface area (Å²) in [6.45, 7) is 9.30. The first kappa shape index (κ1) is 16.2. The number of likely N-dealkylation sites (N-methyl/N-ethyl adjacent to an activating group) is 1. The van der Waals surface area contributed by atoms with E-state index in [1.807, 2.05) is 70.1 Å². The Bertz CT molecular complexity index is 506. The molecule has 0 saturated carbocycles. The SMILES string of the molecule is C=C=C(c1ccccc1)C(C(=O)OC(C)(C)C)N(C)C. The minimum atomic E-state index is -0.520. The van der Waals surface area contributed by atoms with Crippen molar-refractivity contribution in [2.24, 2.45) is 0 Å². The highest BCUT2D eigenvalue weighted by molar-refractivity contribution is 5.92. The van der Waals surface area contributed by atoms with Gasteiger partial charge in [-0.1, -0.05) is 36.9 Å². The Kier molecular flexibility index (Phi) is 5.32. The predicted octanol–water partition coefficient (Wildman–Crippen LogP) is 3.13. The number of hydrogen-bond acceptors (Lipinski definition) is 3. The van der Waals surface area contributed by atoms with E-state index in [2.05, 4.69) is 12.3 Å². The minimum absolute atomic E-state index is 0.294. The van der Waals surface area contributed by atoms with Crippen molar-refractivity contribution in [2.45, 2.75) is 32.4 Å². The summed E-state index contributed by atoms with van der Waals surface area (Å²) in [7, 11) is 3.68. The quantitative estimate of drug-likeness (QED) is 0.623. The highest BCUT2D eigenvalue weighted by atomic mass is 16.6. The highest BCUT2D eigenvalue weighted by Crippen LogP contribution is 2.23. The molecule has 0 bridgehead atoms. The summed E-state index contributed by atoms with van der Waals surface area (Å²) in [6.07, 6.45) is 0. The summed E-state index contributed by atoms with van der Waals surface area (Å²) in [5.74, 6) is -0.294. The lowest BCUT2D eigenvalue weighted by Crippen LogP contribution is -2.41. The van der Waals surface area contributed by atoms with Crippen LogP contribution in [0.5, 0.6) is 0 Å². The maximum absolute atomic E-state index is 12.4. The number of carbonyl (C=O) groups excluding carboxylic acids is 1. The van der Waals surface area contributed by atoms with Crippen LogP contribution >= 0.6 is 0 Å². The van der Waals surface area contributed by atoms with E-state index in [1.54, 1.807) is 0 Å². The Morgan fingerprint density at radius 1 is 1.25 bits per heavy atom. The molecule has 0 aliphatic carbocycles. The molecular weight excluding hydrogens is 250 g/mol. The third kappa shape index (κ3) is 4.37. The average molecular weight is 273 g/mol. The normalized spacial score (nSPS) is 12.7. The van der Waals surface area contributed by atoms with Gasteiger partial charge in [-0.25, -0.2) is 4.79 Å². The van der Waals surface area contributed by atoms with Gasteiger partial charge in [-0.3, -0.25) is 4.90 Å². The van der Waals surface area contributed by atoms with Crippen LogP contribution in [0.2, 0.25) is 0 Å². The van der Waals surface area contributed by atoms with Crippen molar-refractivity contribution >= 4 is 11.5 Å². The molecule has 0 radical (unpaired) electrons. The van der Waals surface area contributed by atoms with Crippen molar-refractivity contribution in [3.63, 3.8) is 0 Å². The summed E-state index contributed by atoms with van der Waals surface area (Å²) in [6, 6.07) is 9.14. The maximum Gasteiger partial charge on any atom is 0.329 e. The summed E-state index contributed by atoms with van der Waals surface area (Å²) in [5.41, 5.74) is 4.02. The Morgan fingerprint density at radius 2 is 1.80 bits per heavy atom.